The van der Waals surface area contributed by atoms with E-state index in [1.807, 2.05) is 17.2 Å². The van der Waals surface area contributed by atoms with Crippen LogP contribution in [0.1, 0.15) is 31.7 Å². The van der Waals surface area contributed by atoms with Gasteiger partial charge in [-0.05, 0) is 36.8 Å². The second kappa shape index (κ2) is 9.20. The summed E-state index contributed by atoms with van der Waals surface area (Å²) >= 11 is 0. The molecule has 0 atom stereocenters. The summed E-state index contributed by atoms with van der Waals surface area (Å²) in [6.07, 6.45) is -3.57. The summed E-state index contributed by atoms with van der Waals surface area (Å²) in [6, 6.07) is 6.09. The van der Waals surface area contributed by atoms with Crippen molar-refractivity contribution in [2.24, 2.45) is 0 Å². The predicted molar refractivity (Wildman–Crippen MR) is 93.8 cm³/mol. The van der Waals surface area contributed by atoms with Crippen molar-refractivity contribution in [2.45, 2.75) is 37.8 Å². The summed E-state index contributed by atoms with van der Waals surface area (Å²) in [4.78, 5) is 12.5. The first kappa shape index (κ1) is 23.6. The summed E-state index contributed by atoms with van der Waals surface area (Å²) in [5.41, 5.74) is 1.61. The Morgan fingerprint density at radius 3 is 2.30 bits per heavy atom. The van der Waals surface area contributed by atoms with Gasteiger partial charge in [-0.1, -0.05) is 13.3 Å². The molecular weight excluding hydrogens is 396 g/mol. The number of hydrazine groups is 1. The van der Waals surface area contributed by atoms with Crippen LogP contribution < -0.4 is 10.3 Å². The Hall–Kier alpha value is -1.40. The number of rotatable bonds is 6. The fourth-order valence-corrected chi connectivity index (χ4v) is 3.07. The van der Waals surface area contributed by atoms with E-state index in [-0.39, 0.29) is 34.5 Å². The SMILES string of the molecule is CCCc1cc(C(F)(F)F)nn1-c1ccc(S(=O)(=O)NNC(C)=O)cc1.[NaH]. The third-order valence-corrected chi connectivity index (χ3v) is 4.60. The number of carbonyl (C=O) groups is 1. The Balaban J connectivity index is 0.00000364. The number of alkyl halides is 3. The summed E-state index contributed by atoms with van der Waals surface area (Å²) in [7, 11) is -3.98. The zero-order chi connectivity index (χ0) is 19.5. The molecule has 7 nitrogen and oxygen atoms in total. The monoisotopic (exact) mass is 414 g/mol. The Morgan fingerprint density at radius 1 is 1.22 bits per heavy atom. The van der Waals surface area contributed by atoms with Crippen molar-refractivity contribution in [1.82, 2.24) is 20.0 Å². The van der Waals surface area contributed by atoms with Gasteiger partial charge in [0.25, 0.3) is 10.0 Å². The average molecular weight is 414 g/mol. The van der Waals surface area contributed by atoms with Crippen LogP contribution in [0.25, 0.3) is 5.69 Å². The molecule has 0 unspecified atom stereocenters. The molecule has 0 spiro atoms. The molecule has 0 saturated heterocycles. The standard InChI is InChI=1S/C15H17F3N4O3S.Na.H/c1-3-4-12-9-14(15(16,17)18)20-22(12)11-5-7-13(8-6-11)26(24,25)21-19-10(2)23;;/h5-9,21H,3-4H2,1-2H3,(H,19,23);;. The van der Waals surface area contributed by atoms with Gasteiger partial charge in [0.1, 0.15) is 0 Å². The van der Waals surface area contributed by atoms with Crippen molar-refractivity contribution in [3.63, 3.8) is 0 Å². The van der Waals surface area contributed by atoms with Gasteiger partial charge in [-0.3, -0.25) is 10.2 Å². The average Bonchev–Trinajstić information content (AvgIpc) is 2.98. The van der Waals surface area contributed by atoms with Crippen LogP contribution in [0.15, 0.2) is 35.2 Å². The van der Waals surface area contributed by atoms with E-state index in [0.717, 1.165) is 17.7 Å². The van der Waals surface area contributed by atoms with Gasteiger partial charge in [0.2, 0.25) is 5.91 Å². The van der Waals surface area contributed by atoms with E-state index in [2.05, 4.69) is 5.10 Å². The van der Waals surface area contributed by atoms with Crippen LogP contribution in [0.5, 0.6) is 0 Å². The molecule has 0 aliphatic heterocycles. The molecule has 2 N–H and O–H groups in total. The molecule has 0 fully saturated rings. The maximum absolute atomic E-state index is 12.9. The number of aryl methyl sites for hydroxylation is 1. The molecule has 144 valence electrons. The fraction of sp³-hybridized carbons (Fsp3) is 0.333. The Labute approximate surface area is 176 Å². The minimum absolute atomic E-state index is 0. The molecule has 2 aromatic rings. The molecule has 0 saturated carbocycles. The number of sulfonamides is 1. The van der Waals surface area contributed by atoms with Crippen LogP contribution in [0.2, 0.25) is 0 Å². The number of hydrogen-bond acceptors (Lipinski definition) is 4. The minimum atomic E-state index is -4.57. The van der Waals surface area contributed by atoms with Gasteiger partial charge in [-0.2, -0.15) is 18.3 Å². The van der Waals surface area contributed by atoms with Gasteiger partial charge in [0, 0.05) is 12.6 Å². The number of hydrogen-bond donors (Lipinski definition) is 2. The summed E-state index contributed by atoms with van der Waals surface area (Å²) in [5.74, 6) is -0.592. The molecule has 0 radical (unpaired) electrons. The molecule has 0 bridgehead atoms. The number of amides is 1. The molecule has 27 heavy (non-hydrogen) atoms. The molecule has 1 amide bonds. The van der Waals surface area contributed by atoms with Crippen LogP contribution in [0, 0.1) is 0 Å². The van der Waals surface area contributed by atoms with Gasteiger partial charge < -0.3 is 0 Å². The molecule has 12 heteroatoms. The first-order chi connectivity index (χ1) is 12.0. The number of nitrogens with one attached hydrogen (secondary N) is 2. The van der Waals surface area contributed by atoms with Crippen molar-refractivity contribution < 1.29 is 26.4 Å². The summed E-state index contributed by atoms with van der Waals surface area (Å²) in [5, 5.41) is 3.59. The van der Waals surface area contributed by atoms with Crippen LogP contribution in [0.3, 0.4) is 0 Å². The topological polar surface area (TPSA) is 93.1 Å². The number of carbonyl (C=O) groups excluding carboxylic acids is 1. The normalized spacial score (nSPS) is 11.7. The van der Waals surface area contributed by atoms with E-state index >= 15 is 0 Å². The molecule has 1 aromatic heterocycles. The van der Waals surface area contributed by atoms with E-state index in [0.29, 0.717) is 24.2 Å². The quantitative estimate of drug-likeness (QED) is 0.554. The van der Waals surface area contributed by atoms with Gasteiger partial charge in [-0.15, -0.1) is 4.83 Å². The van der Waals surface area contributed by atoms with Crippen LogP contribution >= 0.6 is 0 Å². The molecule has 1 aromatic carbocycles. The molecule has 0 aliphatic carbocycles. The van der Waals surface area contributed by atoms with Crippen molar-refractivity contribution in [2.75, 3.05) is 0 Å². The van der Waals surface area contributed by atoms with Crippen molar-refractivity contribution in [3.05, 3.63) is 41.7 Å². The van der Waals surface area contributed by atoms with Crippen LogP contribution in [0.4, 0.5) is 13.2 Å². The van der Waals surface area contributed by atoms with Crippen molar-refractivity contribution in [1.29, 1.82) is 0 Å². The molecular formula is C15H18F3N4NaO3S. The number of nitrogens with zero attached hydrogens (tertiary/aromatic N) is 2. The number of halogens is 3. The van der Waals surface area contributed by atoms with E-state index in [1.54, 1.807) is 0 Å². The van der Waals surface area contributed by atoms with E-state index in [9.17, 15) is 26.4 Å². The third-order valence-electron chi connectivity index (χ3n) is 3.33. The fourth-order valence-electron chi connectivity index (χ4n) is 2.18. The second-order valence-corrected chi connectivity index (χ2v) is 7.14. The van der Waals surface area contributed by atoms with Gasteiger partial charge >= 0.3 is 35.7 Å². The Morgan fingerprint density at radius 2 is 1.81 bits per heavy atom. The van der Waals surface area contributed by atoms with Crippen molar-refractivity contribution >= 4 is 45.5 Å². The second-order valence-electron chi connectivity index (χ2n) is 5.46. The van der Waals surface area contributed by atoms with E-state index < -0.39 is 27.8 Å². The Kier molecular flexibility index (Phi) is 8.05. The molecule has 0 aliphatic rings. The van der Waals surface area contributed by atoms with Crippen molar-refractivity contribution in [3.8, 4) is 5.69 Å². The van der Waals surface area contributed by atoms with Crippen LogP contribution in [-0.4, -0.2) is 53.7 Å². The molecule has 2 rings (SSSR count). The molecule has 1 heterocycles. The predicted octanol–water partition coefficient (Wildman–Crippen LogP) is 1.52. The Bertz CT molecular complexity index is 896. The van der Waals surface area contributed by atoms with E-state index in [1.165, 1.54) is 24.3 Å². The van der Waals surface area contributed by atoms with Crippen LogP contribution in [-0.2, 0) is 27.4 Å². The first-order valence-electron chi connectivity index (χ1n) is 7.59. The first-order valence-corrected chi connectivity index (χ1v) is 9.08. The maximum atomic E-state index is 12.9. The number of benzene rings is 1. The third kappa shape index (κ3) is 6.04. The van der Waals surface area contributed by atoms with Gasteiger partial charge in [-0.25, -0.2) is 13.1 Å². The van der Waals surface area contributed by atoms with Gasteiger partial charge in [0.05, 0.1) is 10.6 Å². The number of aromatic nitrogens is 2. The zero-order valence-electron chi connectivity index (χ0n) is 14.0. The van der Waals surface area contributed by atoms with E-state index in [4.69, 9.17) is 0 Å². The zero-order valence-corrected chi connectivity index (χ0v) is 14.8. The van der Waals surface area contributed by atoms with Gasteiger partial charge in [0.15, 0.2) is 5.69 Å². The summed E-state index contributed by atoms with van der Waals surface area (Å²) in [6.45, 7) is 2.96. The summed E-state index contributed by atoms with van der Waals surface area (Å²) < 4.78 is 63.9.